The fourth-order valence-electron chi connectivity index (χ4n) is 1.00. The topological polar surface area (TPSA) is 88.1 Å². The molecular weight excluding hydrogens is 415 g/mol. The molecule has 0 atom stereocenters. The van der Waals surface area contributed by atoms with Crippen molar-refractivity contribution in [3.8, 4) is 0 Å². The van der Waals surface area contributed by atoms with Gasteiger partial charge in [-0.3, -0.25) is 9.59 Å². The van der Waals surface area contributed by atoms with Crippen molar-refractivity contribution in [2.45, 2.75) is 13.8 Å². The fourth-order valence-corrected chi connectivity index (χ4v) is 5.11. The second-order valence-electron chi connectivity index (χ2n) is 3.86. The van der Waals surface area contributed by atoms with Crippen LogP contribution in [0, 0.1) is 0 Å². The lowest BCUT2D eigenvalue weighted by molar-refractivity contribution is -0.141. The van der Waals surface area contributed by atoms with Gasteiger partial charge in [-0.25, -0.2) is 0 Å². The van der Waals surface area contributed by atoms with Crippen LogP contribution in [0.4, 0.5) is 0 Å². The van der Waals surface area contributed by atoms with Crippen LogP contribution < -0.4 is 0 Å². The van der Waals surface area contributed by atoms with Gasteiger partial charge in [0.05, 0.1) is 0 Å². The molecule has 0 aliphatic carbocycles. The van der Waals surface area contributed by atoms with Gasteiger partial charge in [0, 0.05) is 41.4 Å². The predicted octanol–water partition coefficient (Wildman–Crippen LogP) is 3.57. The van der Waals surface area contributed by atoms with Crippen LogP contribution in [-0.2, 0) is 32.7 Å². The first-order valence-corrected chi connectivity index (χ1v) is 13.1. The monoisotopic (exact) mass is 437 g/mol. The van der Waals surface area contributed by atoms with Crippen molar-refractivity contribution in [1.29, 1.82) is 0 Å². The fraction of sp³-hybridized carbons (Fsp3) is 0.833. The van der Waals surface area contributed by atoms with Gasteiger partial charge in [-0.05, 0) is 0 Å². The van der Waals surface area contributed by atoms with E-state index in [9.17, 15) is 14.2 Å². The Morgan fingerprint density at radius 1 is 0.708 bits per heavy atom. The number of carbonyl (C=O) groups is 2. The Labute approximate surface area is 159 Å². The average molecular weight is 438 g/mol. The molecule has 0 saturated heterocycles. The first-order valence-electron chi connectivity index (χ1n) is 7.01. The summed E-state index contributed by atoms with van der Waals surface area (Å²) in [5, 5.41) is 0. The largest absolute Gasteiger partial charge is 0.697 e. The molecule has 0 aliphatic rings. The molecule has 0 bridgehead atoms. The summed E-state index contributed by atoms with van der Waals surface area (Å²) < 4.78 is 31.1. The molecule has 0 aromatic heterocycles. The molecule has 0 rings (SSSR count). The normalized spacial score (nSPS) is 10.4. The third-order valence-electron chi connectivity index (χ3n) is 1.84. The van der Waals surface area contributed by atoms with Crippen molar-refractivity contribution < 1.29 is 32.7 Å². The lowest BCUT2D eigenvalue weighted by atomic mass is 10.8. The standard InChI is InChI=1S/C12H22O7PS4/c1-11(13)16-3-7-21-23-9-5-18-20(15)19-6-10-24-22-8-4-17-12(2)14/h3-10H2,1-2H3/q+1. The molecule has 7 nitrogen and oxygen atoms in total. The molecule has 0 amide bonds. The minimum Gasteiger partial charge on any atom is -0.465 e. The van der Waals surface area contributed by atoms with Gasteiger partial charge in [-0.15, -0.1) is 9.05 Å². The molecular formula is C12H22O7PS4+. The third-order valence-corrected chi connectivity index (χ3v) is 7.29. The first-order chi connectivity index (χ1) is 11.5. The molecule has 0 aromatic carbocycles. The quantitative estimate of drug-likeness (QED) is 0.154. The Balaban J connectivity index is 3.21. The van der Waals surface area contributed by atoms with Gasteiger partial charge in [0.25, 0.3) is 0 Å². The Bertz CT molecular complexity index is 341. The molecule has 0 fully saturated rings. The molecule has 140 valence electrons. The highest BCUT2D eigenvalue weighted by atomic mass is 33.1. The van der Waals surface area contributed by atoms with Crippen LogP contribution in [0.15, 0.2) is 0 Å². The predicted molar refractivity (Wildman–Crippen MR) is 103 cm³/mol. The number of rotatable bonds is 16. The minimum atomic E-state index is -2.09. The van der Waals surface area contributed by atoms with Gasteiger partial charge >= 0.3 is 20.2 Å². The number of ether oxygens (including phenoxy) is 2. The van der Waals surface area contributed by atoms with Gasteiger partial charge in [0.1, 0.15) is 26.4 Å². The molecule has 0 aromatic rings. The van der Waals surface area contributed by atoms with E-state index in [1.807, 2.05) is 0 Å². The Hall–Kier alpha value is 0.360. The molecule has 0 spiro atoms. The molecule has 0 aliphatic heterocycles. The molecule has 0 radical (unpaired) electrons. The van der Waals surface area contributed by atoms with Crippen LogP contribution in [0.3, 0.4) is 0 Å². The Morgan fingerprint density at radius 3 is 1.38 bits per heavy atom. The first kappa shape index (κ1) is 24.4. The van der Waals surface area contributed by atoms with Crippen molar-refractivity contribution in [2.24, 2.45) is 0 Å². The molecule has 12 heteroatoms. The van der Waals surface area contributed by atoms with Crippen molar-refractivity contribution >= 4 is 63.4 Å². The summed E-state index contributed by atoms with van der Waals surface area (Å²) >= 11 is 0. The SMILES string of the molecule is CC(=O)OCCSSCCO[P+](=O)OCCSSCCOC(C)=O. The van der Waals surface area contributed by atoms with Crippen molar-refractivity contribution in [3.05, 3.63) is 0 Å². The summed E-state index contributed by atoms with van der Waals surface area (Å²) in [6, 6.07) is 0. The second kappa shape index (κ2) is 18.2. The maximum Gasteiger partial charge on any atom is 0.697 e. The van der Waals surface area contributed by atoms with Crippen LogP contribution >= 0.6 is 51.4 Å². The van der Waals surface area contributed by atoms with E-state index in [0.29, 0.717) is 49.4 Å². The maximum atomic E-state index is 11.4. The molecule has 0 unspecified atom stereocenters. The van der Waals surface area contributed by atoms with E-state index in [-0.39, 0.29) is 11.9 Å². The molecule has 0 heterocycles. The van der Waals surface area contributed by atoms with Gasteiger partial charge in [0.2, 0.25) is 0 Å². The zero-order chi connectivity index (χ0) is 18.0. The summed E-state index contributed by atoms with van der Waals surface area (Å²) in [6.45, 7) is 4.21. The van der Waals surface area contributed by atoms with Crippen LogP contribution in [0.2, 0.25) is 0 Å². The van der Waals surface area contributed by atoms with Gasteiger partial charge in [0.15, 0.2) is 0 Å². The second-order valence-corrected chi connectivity index (χ2v) is 10.2. The van der Waals surface area contributed by atoms with E-state index in [0.717, 1.165) is 0 Å². The van der Waals surface area contributed by atoms with Crippen molar-refractivity contribution in [3.63, 3.8) is 0 Å². The number of hydrogen-bond donors (Lipinski definition) is 0. The minimum absolute atomic E-state index is 0.279. The smallest absolute Gasteiger partial charge is 0.465 e. The van der Waals surface area contributed by atoms with Crippen molar-refractivity contribution in [2.75, 3.05) is 49.4 Å². The zero-order valence-electron chi connectivity index (χ0n) is 13.6. The lowest BCUT2D eigenvalue weighted by Crippen LogP contribution is -2.02. The van der Waals surface area contributed by atoms with E-state index in [1.165, 1.54) is 13.8 Å². The zero-order valence-corrected chi connectivity index (χ0v) is 17.8. The summed E-state index contributed by atoms with van der Waals surface area (Å²) in [7, 11) is 4.17. The number of hydrogen-bond acceptors (Lipinski definition) is 11. The van der Waals surface area contributed by atoms with Crippen LogP contribution in [0.25, 0.3) is 0 Å². The van der Waals surface area contributed by atoms with E-state index in [2.05, 4.69) is 0 Å². The molecule has 24 heavy (non-hydrogen) atoms. The number of esters is 2. The number of carbonyl (C=O) groups excluding carboxylic acids is 2. The van der Waals surface area contributed by atoms with Crippen LogP contribution in [0.1, 0.15) is 13.8 Å². The average Bonchev–Trinajstić information content (AvgIpc) is 2.51. The van der Waals surface area contributed by atoms with Gasteiger partial charge in [-0.1, -0.05) is 43.2 Å². The lowest BCUT2D eigenvalue weighted by Gasteiger charge is -2.00. The van der Waals surface area contributed by atoms with E-state index >= 15 is 0 Å². The highest BCUT2D eigenvalue weighted by Crippen LogP contribution is 2.28. The van der Waals surface area contributed by atoms with Crippen LogP contribution in [0.5, 0.6) is 0 Å². The summed E-state index contributed by atoms with van der Waals surface area (Å²) in [5.41, 5.74) is 0. The van der Waals surface area contributed by atoms with Crippen LogP contribution in [-0.4, -0.2) is 61.4 Å². The van der Waals surface area contributed by atoms with E-state index < -0.39 is 8.25 Å². The van der Waals surface area contributed by atoms with Gasteiger partial charge < -0.3 is 9.47 Å². The Morgan fingerprint density at radius 2 is 1.04 bits per heavy atom. The highest BCUT2D eigenvalue weighted by Gasteiger charge is 2.19. The van der Waals surface area contributed by atoms with E-state index in [4.69, 9.17) is 18.5 Å². The Kier molecular flexibility index (Phi) is 18.4. The summed E-state index contributed by atoms with van der Waals surface area (Å²) in [6.07, 6.45) is 0. The third kappa shape index (κ3) is 20.4. The van der Waals surface area contributed by atoms with Gasteiger partial charge in [-0.2, -0.15) is 0 Å². The maximum absolute atomic E-state index is 11.4. The summed E-state index contributed by atoms with van der Waals surface area (Å²) in [4.78, 5) is 21.1. The van der Waals surface area contributed by atoms with E-state index in [1.54, 1.807) is 43.2 Å². The molecule has 0 saturated carbocycles. The summed E-state index contributed by atoms with van der Waals surface area (Å²) in [5.74, 6) is 2.21. The van der Waals surface area contributed by atoms with Crippen molar-refractivity contribution in [1.82, 2.24) is 0 Å². The highest BCUT2D eigenvalue weighted by molar-refractivity contribution is 8.77. The molecule has 0 N–H and O–H groups in total.